The van der Waals surface area contributed by atoms with Crippen molar-refractivity contribution in [1.29, 1.82) is 0 Å². The second-order valence-electron chi connectivity index (χ2n) is 6.44. The Morgan fingerprint density at radius 1 is 0.893 bits per heavy atom. The number of nitrogens with one attached hydrogen (secondary N) is 2. The van der Waals surface area contributed by atoms with Gasteiger partial charge in [0, 0.05) is 13.1 Å². The fraction of sp³-hybridized carbons (Fsp3) is 0.364. The molecule has 150 valence electrons. The Balaban J connectivity index is 1.62. The zero-order valence-corrected chi connectivity index (χ0v) is 16.7. The zero-order chi connectivity index (χ0) is 20.4. The number of carbonyl (C=O) groups is 2. The SMILES string of the molecule is CCOc1ccc(CC(=O)NCCNC(=O)COc2cccc(C)c2C)cc1. The first-order chi connectivity index (χ1) is 13.5. The van der Waals surface area contributed by atoms with E-state index in [-0.39, 0.29) is 24.8 Å². The predicted molar refractivity (Wildman–Crippen MR) is 109 cm³/mol. The Morgan fingerprint density at radius 2 is 1.57 bits per heavy atom. The highest BCUT2D eigenvalue weighted by atomic mass is 16.5. The van der Waals surface area contributed by atoms with Crippen molar-refractivity contribution in [1.82, 2.24) is 10.6 Å². The van der Waals surface area contributed by atoms with Crippen LogP contribution >= 0.6 is 0 Å². The van der Waals surface area contributed by atoms with Gasteiger partial charge in [0.1, 0.15) is 11.5 Å². The van der Waals surface area contributed by atoms with E-state index in [1.165, 1.54) is 0 Å². The number of benzene rings is 2. The van der Waals surface area contributed by atoms with Crippen LogP contribution in [0.3, 0.4) is 0 Å². The number of ether oxygens (including phenoxy) is 2. The molecule has 0 aromatic heterocycles. The third-order valence-corrected chi connectivity index (χ3v) is 4.28. The van der Waals surface area contributed by atoms with Crippen molar-refractivity contribution < 1.29 is 19.1 Å². The Labute approximate surface area is 166 Å². The molecule has 0 atom stereocenters. The van der Waals surface area contributed by atoms with Crippen LogP contribution in [-0.4, -0.2) is 38.1 Å². The van der Waals surface area contributed by atoms with Crippen LogP contribution in [0.25, 0.3) is 0 Å². The minimum absolute atomic E-state index is 0.0512. The molecule has 0 heterocycles. The number of amides is 2. The number of aryl methyl sites for hydroxylation is 1. The van der Waals surface area contributed by atoms with Gasteiger partial charge in [0.05, 0.1) is 13.0 Å². The molecule has 2 amide bonds. The molecule has 0 saturated carbocycles. The second kappa shape index (κ2) is 11.0. The fourth-order valence-electron chi connectivity index (χ4n) is 2.60. The summed E-state index contributed by atoms with van der Waals surface area (Å²) in [6.45, 7) is 7.16. The Bertz CT molecular complexity index is 788. The first-order valence-corrected chi connectivity index (χ1v) is 9.43. The molecule has 0 fully saturated rings. The van der Waals surface area contributed by atoms with Gasteiger partial charge >= 0.3 is 0 Å². The van der Waals surface area contributed by atoms with Crippen molar-refractivity contribution in [3.63, 3.8) is 0 Å². The molecular weight excluding hydrogens is 356 g/mol. The van der Waals surface area contributed by atoms with E-state index in [9.17, 15) is 9.59 Å². The first kappa shape index (κ1) is 21.3. The van der Waals surface area contributed by atoms with E-state index in [0.29, 0.717) is 25.4 Å². The van der Waals surface area contributed by atoms with E-state index in [0.717, 1.165) is 22.4 Å². The molecule has 0 unspecified atom stereocenters. The summed E-state index contributed by atoms with van der Waals surface area (Å²) in [6, 6.07) is 13.2. The molecule has 2 aromatic carbocycles. The molecule has 6 nitrogen and oxygen atoms in total. The molecule has 2 N–H and O–H groups in total. The molecule has 0 spiro atoms. The maximum absolute atomic E-state index is 12.0. The molecule has 0 radical (unpaired) electrons. The minimum atomic E-state index is -0.221. The standard InChI is InChI=1S/C22H28N2O4/c1-4-27-19-10-8-18(9-11-19)14-21(25)23-12-13-24-22(26)15-28-20-7-5-6-16(2)17(20)3/h5-11H,4,12-15H2,1-3H3,(H,23,25)(H,24,26). The Kier molecular flexibility index (Phi) is 8.34. The summed E-state index contributed by atoms with van der Waals surface area (Å²) in [5, 5.41) is 5.52. The summed E-state index contributed by atoms with van der Waals surface area (Å²) < 4.78 is 10.9. The van der Waals surface area contributed by atoms with E-state index >= 15 is 0 Å². The van der Waals surface area contributed by atoms with Gasteiger partial charge in [-0.2, -0.15) is 0 Å². The van der Waals surface area contributed by atoms with Gasteiger partial charge in [-0.25, -0.2) is 0 Å². The minimum Gasteiger partial charge on any atom is -0.494 e. The van der Waals surface area contributed by atoms with Gasteiger partial charge in [0.15, 0.2) is 6.61 Å². The molecule has 0 aliphatic carbocycles. The molecule has 0 aliphatic heterocycles. The third kappa shape index (κ3) is 6.95. The number of hydrogen-bond donors (Lipinski definition) is 2. The third-order valence-electron chi connectivity index (χ3n) is 4.28. The van der Waals surface area contributed by atoms with Crippen LogP contribution < -0.4 is 20.1 Å². The van der Waals surface area contributed by atoms with Gasteiger partial charge in [-0.1, -0.05) is 24.3 Å². The van der Waals surface area contributed by atoms with Gasteiger partial charge in [-0.15, -0.1) is 0 Å². The van der Waals surface area contributed by atoms with Crippen LogP contribution in [0.4, 0.5) is 0 Å². The lowest BCUT2D eigenvalue weighted by atomic mass is 10.1. The van der Waals surface area contributed by atoms with Crippen LogP contribution in [0, 0.1) is 13.8 Å². The highest BCUT2D eigenvalue weighted by Crippen LogP contribution is 2.20. The largest absolute Gasteiger partial charge is 0.494 e. The van der Waals surface area contributed by atoms with Crippen LogP contribution in [0.2, 0.25) is 0 Å². The van der Waals surface area contributed by atoms with Crippen molar-refractivity contribution in [2.45, 2.75) is 27.2 Å². The van der Waals surface area contributed by atoms with E-state index in [4.69, 9.17) is 9.47 Å². The van der Waals surface area contributed by atoms with Crippen LogP contribution in [-0.2, 0) is 16.0 Å². The van der Waals surface area contributed by atoms with Crippen LogP contribution in [0.1, 0.15) is 23.6 Å². The van der Waals surface area contributed by atoms with Gasteiger partial charge in [0.25, 0.3) is 5.91 Å². The molecule has 28 heavy (non-hydrogen) atoms. The lowest BCUT2D eigenvalue weighted by Gasteiger charge is -2.11. The number of rotatable bonds is 10. The molecule has 2 rings (SSSR count). The van der Waals surface area contributed by atoms with Crippen molar-refractivity contribution >= 4 is 11.8 Å². The van der Waals surface area contributed by atoms with Crippen molar-refractivity contribution in [2.24, 2.45) is 0 Å². The van der Waals surface area contributed by atoms with E-state index in [1.54, 1.807) is 0 Å². The molecule has 0 aliphatic rings. The Morgan fingerprint density at radius 3 is 2.25 bits per heavy atom. The van der Waals surface area contributed by atoms with Gasteiger partial charge < -0.3 is 20.1 Å². The number of carbonyl (C=O) groups excluding carboxylic acids is 2. The van der Waals surface area contributed by atoms with Gasteiger partial charge in [-0.3, -0.25) is 9.59 Å². The Hall–Kier alpha value is -3.02. The van der Waals surface area contributed by atoms with Gasteiger partial charge in [-0.05, 0) is 55.7 Å². The molecule has 0 saturated heterocycles. The highest BCUT2D eigenvalue weighted by Gasteiger charge is 2.07. The van der Waals surface area contributed by atoms with Crippen LogP contribution in [0.15, 0.2) is 42.5 Å². The van der Waals surface area contributed by atoms with Gasteiger partial charge in [0.2, 0.25) is 5.91 Å². The monoisotopic (exact) mass is 384 g/mol. The lowest BCUT2D eigenvalue weighted by molar-refractivity contribution is -0.124. The van der Waals surface area contributed by atoms with E-state index in [1.807, 2.05) is 63.2 Å². The summed E-state index contributed by atoms with van der Waals surface area (Å²) >= 11 is 0. The molecule has 6 heteroatoms. The first-order valence-electron chi connectivity index (χ1n) is 9.43. The highest BCUT2D eigenvalue weighted by molar-refractivity contribution is 5.79. The topological polar surface area (TPSA) is 76.7 Å². The zero-order valence-electron chi connectivity index (χ0n) is 16.7. The summed E-state index contributed by atoms with van der Waals surface area (Å²) in [6.07, 6.45) is 0.288. The van der Waals surface area contributed by atoms with Crippen LogP contribution in [0.5, 0.6) is 11.5 Å². The summed E-state index contributed by atoms with van der Waals surface area (Å²) in [5.41, 5.74) is 3.05. The average molecular weight is 384 g/mol. The normalized spacial score (nSPS) is 10.2. The molecule has 2 aromatic rings. The maximum Gasteiger partial charge on any atom is 0.258 e. The van der Waals surface area contributed by atoms with E-state index in [2.05, 4.69) is 10.6 Å². The summed E-state index contributed by atoms with van der Waals surface area (Å²) in [5.74, 6) is 1.18. The van der Waals surface area contributed by atoms with E-state index < -0.39 is 0 Å². The lowest BCUT2D eigenvalue weighted by Crippen LogP contribution is -2.37. The summed E-state index contributed by atoms with van der Waals surface area (Å²) in [4.78, 5) is 23.8. The fourth-order valence-corrected chi connectivity index (χ4v) is 2.60. The average Bonchev–Trinajstić information content (AvgIpc) is 2.68. The van der Waals surface area contributed by atoms with Crippen molar-refractivity contribution in [3.8, 4) is 11.5 Å². The molecular formula is C22H28N2O4. The van der Waals surface area contributed by atoms with Crippen molar-refractivity contribution in [3.05, 3.63) is 59.2 Å². The predicted octanol–water partition coefficient (Wildman–Crippen LogP) is 2.56. The second-order valence-corrected chi connectivity index (χ2v) is 6.44. The maximum atomic E-state index is 12.0. The quantitative estimate of drug-likeness (QED) is 0.617. The number of hydrogen-bond acceptors (Lipinski definition) is 4. The summed E-state index contributed by atoms with van der Waals surface area (Å²) in [7, 11) is 0. The molecule has 0 bridgehead atoms. The smallest absolute Gasteiger partial charge is 0.258 e. The van der Waals surface area contributed by atoms with Crippen molar-refractivity contribution in [2.75, 3.05) is 26.3 Å².